The lowest BCUT2D eigenvalue weighted by atomic mass is 9.62. The molecule has 1 fully saturated rings. The zero-order chi connectivity index (χ0) is 12.7. The smallest absolute Gasteiger partial charge is 0.472 e. The minimum absolute atomic E-state index is 0.167. The topological polar surface area (TPSA) is 55.8 Å². The fourth-order valence-electron chi connectivity index (χ4n) is 2.46. The summed E-state index contributed by atoms with van der Waals surface area (Å²) >= 11 is 0. The standard InChI is InChI=1S/C12H23BO4/c1-3-5-7-10(6-4-2)11(12(14)15)13-16-8-9-17-13/h10-11H,3-9H2,1-2H3,(H,14,15). The van der Waals surface area contributed by atoms with Crippen LogP contribution in [0.1, 0.15) is 46.0 Å². The van der Waals surface area contributed by atoms with E-state index < -0.39 is 18.9 Å². The van der Waals surface area contributed by atoms with E-state index in [9.17, 15) is 9.90 Å². The fraction of sp³-hybridized carbons (Fsp3) is 0.917. The summed E-state index contributed by atoms with van der Waals surface area (Å²) in [6, 6.07) is 0. The SMILES string of the molecule is CCCCC(CCC)C(B1OCCO1)C(=O)O. The quantitative estimate of drug-likeness (QED) is 0.664. The highest BCUT2D eigenvalue weighted by molar-refractivity contribution is 6.52. The van der Waals surface area contributed by atoms with Gasteiger partial charge in [0.15, 0.2) is 0 Å². The van der Waals surface area contributed by atoms with E-state index in [4.69, 9.17) is 9.31 Å². The fourth-order valence-corrected chi connectivity index (χ4v) is 2.46. The lowest BCUT2D eigenvalue weighted by Crippen LogP contribution is -2.34. The highest BCUT2D eigenvalue weighted by Crippen LogP contribution is 2.33. The summed E-state index contributed by atoms with van der Waals surface area (Å²) in [5.41, 5.74) is 0. The molecule has 1 rings (SSSR count). The molecule has 5 heteroatoms. The maximum atomic E-state index is 11.4. The summed E-state index contributed by atoms with van der Waals surface area (Å²) in [4.78, 5) is 11.4. The van der Waals surface area contributed by atoms with Gasteiger partial charge in [-0.05, 0) is 5.92 Å². The molecule has 2 atom stereocenters. The van der Waals surface area contributed by atoms with Crippen molar-refractivity contribution in [3.05, 3.63) is 0 Å². The van der Waals surface area contributed by atoms with Gasteiger partial charge in [0.05, 0.1) is 19.0 Å². The van der Waals surface area contributed by atoms with Crippen LogP contribution in [0.25, 0.3) is 0 Å². The number of hydrogen-bond acceptors (Lipinski definition) is 3. The third-order valence-electron chi connectivity index (χ3n) is 3.32. The van der Waals surface area contributed by atoms with Crippen LogP contribution in [-0.4, -0.2) is 31.4 Å². The highest BCUT2D eigenvalue weighted by atomic mass is 16.6. The molecule has 1 aliphatic rings. The van der Waals surface area contributed by atoms with E-state index in [1.807, 2.05) is 0 Å². The molecule has 1 aliphatic heterocycles. The van der Waals surface area contributed by atoms with Crippen molar-refractivity contribution in [3.63, 3.8) is 0 Å². The van der Waals surface area contributed by atoms with Crippen molar-refractivity contribution < 1.29 is 19.2 Å². The Bertz CT molecular complexity index is 229. The first-order valence-electron chi connectivity index (χ1n) is 6.66. The van der Waals surface area contributed by atoms with Gasteiger partial charge < -0.3 is 14.4 Å². The molecule has 98 valence electrons. The number of rotatable bonds is 8. The average molecular weight is 242 g/mol. The molecule has 4 nitrogen and oxygen atoms in total. The third kappa shape index (κ3) is 4.32. The Hall–Kier alpha value is -0.545. The predicted octanol–water partition coefficient (Wildman–Crippen LogP) is 2.58. The average Bonchev–Trinajstić information content (AvgIpc) is 2.79. The van der Waals surface area contributed by atoms with E-state index in [0.29, 0.717) is 13.2 Å². The van der Waals surface area contributed by atoms with Crippen LogP contribution in [0.2, 0.25) is 5.82 Å². The molecular formula is C12H23BO4. The Morgan fingerprint density at radius 3 is 2.35 bits per heavy atom. The van der Waals surface area contributed by atoms with Gasteiger partial charge in [-0.1, -0.05) is 46.0 Å². The van der Waals surface area contributed by atoms with Gasteiger partial charge in [-0.25, -0.2) is 0 Å². The van der Waals surface area contributed by atoms with Gasteiger partial charge in [0.25, 0.3) is 0 Å². The number of carbonyl (C=O) groups is 1. The maximum absolute atomic E-state index is 11.4. The van der Waals surface area contributed by atoms with Crippen LogP contribution in [0, 0.1) is 5.92 Å². The minimum atomic E-state index is -0.786. The summed E-state index contributed by atoms with van der Waals surface area (Å²) in [6.07, 6.45) is 5.05. The van der Waals surface area contributed by atoms with Crippen molar-refractivity contribution in [1.82, 2.24) is 0 Å². The van der Waals surface area contributed by atoms with Crippen molar-refractivity contribution in [1.29, 1.82) is 0 Å². The molecule has 0 amide bonds. The number of carboxylic acid groups (broad SMARTS) is 1. The molecule has 1 heterocycles. The normalized spacial score (nSPS) is 19.3. The summed E-state index contributed by atoms with van der Waals surface area (Å²) in [5, 5.41) is 9.37. The van der Waals surface area contributed by atoms with Crippen LogP contribution in [0.15, 0.2) is 0 Å². The van der Waals surface area contributed by atoms with Gasteiger partial charge in [0.2, 0.25) is 0 Å². The molecule has 1 saturated heterocycles. The first-order chi connectivity index (χ1) is 8.20. The van der Waals surface area contributed by atoms with Gasteiger partial charge in [0.1, 0.15) is 0 Å². The second-order valence-corrected chi connectivity index (χ2v) is 4.66. The molecule has 0 bridgehead atoms. The van der Waals surface area contributed by atoms with Gasteiger partial charge in [-0.2, -0.15) is 0 Å². The van der Waals surface area contributed by atoms with Crippen LogP contribution in [0.3, 0.4) is 0 Å². The van der Waals surface area contributed by atoms with Crippen molar-refractivity contribution in [2.24, 2.45) is 5.92 Å². The molecule has 0 aromatic carbocycles. The van der Waals surface area contributed by atoms with Crippen molar-refractivity contribution in [2.45, 2.75) is 51.8 Å². The molecule has 0 radical (unpaired) electrons. The molecular weight excluding hydrogens is 219 g/mol. The summed E-state index contributed by atoms with van der Waals surface area (Å²) in [7, 11) is -0.541. The van der Waals surface area contributed by atoms with E-state index >= 15 is 0 Å². The monoisotopic (exact) mass is 242 g/mol. The lowest BCUT2D eigenvalue weighted by Gasteiger charge is -2.24. The van der Waals surface area contributed by atoms with E-state index in [-0.39, 0.29) is 5.92 Å². The molecule has 0 aliphatic carbocycles. The second kappa shape index (κ2) is 7.72. The zero-order valence-corrected chi connectivity index (χ0v) is 10.9. The van der Waals surface area contributed by atoms with Crippen LogP contribution in [0.4, 0.5) is 0 Å². The largest absolute Gasteiger partial charge is 0.481 e. The van der Waals surface area contributed by atoms with E-state index in [0.717, 1.165) is 32.1 Å². The van der Waals surface area contributed by atoms with Crippen LogP contribution in [-0.2, 0) is 14.1 Å². The highest BCUT2D eigenvalue weighted by Gasteiger charge is 2.43. The Balaban J connectivity index is 2.65. The maximum Gasteiger partial charge on any atom is 0.472 e. The van der Waals surface area contributed by atoms with Crippen LogP contribution >= 0.6 is 0 Å². The Morgan fingerprint density at radius 2 is 1.88 bits per heavy atom. The molecule has 17 heavy (non-hydrogen) atoms. The summed E-state index contributed by atoms with van der Waals surface area (Å²) < 4.78 is 10.8. The number of aliphatic carboxylic acids is 1. The molecule has 0 aromatic heterocycles. The predicted molar refractivity (Wildman–Crippen MR) is 67.0 cm³/mol. The van der Waals surface area contributed by atoms with Crippen LogP contribution in [0.5, 0.6) is 0 Å². The zero-order valence-electron chi connectivity index (χ0n) is 10.9. The number of carboxylic acids is 1. The summed E-state index contributed by atoms with van der Waals surface area (Å²) in [6.45, 7) is 5.25. The van der Waals surface area contributed by atoms with Crippen molar-refractivity contribution in [3.8, 4) is 0 Å². The second-order valence-electron chi connectivity index (χ2n) is 4.66. The van der Waals surface area contributed by atoms with Gasteiger partial charge in [-0.15, -0.1) is 0 Å². The molecule has 0 aromatic rings. The van der Waals surface area contributed by atoms with Gasteiger partial charge >= 0.3 is 13.1 Å². The summed E-state index contributed by atoms with van der Waals surface area (Å²) in [5.74, 6) is -1.13. The molecule has 0 saturated carbocycles. The Morgan fingerprint density at radius 1 is 1.24 bits per heavy atom. The van der Waals surface area contributed by atoms with E-state index in [2.05, 4.69) is 13.8 Å². The first-order valence-corrected chi connectivity index (χ1v) is 6.66. The van der Waals surface area contributed by atoms with Crippen LogP contribution < -0.4 is 0 Å². The molecule has 2 unspecified atom stereocenters. The minimum Gasteiger partial charge on any atom is -0.481 e. The number of hydrogen-bond donors (Lipinski definition) is 1. The first kappa shape index (κ1) is 14.5. The molecule has 1 N–H and O–H groups in total. The Labute approximate surface area is 104 Å². The van der Waals surface area contributed by atoms with Gasteiger partial charge in [-0.3, -0.25) is 4.79 Å². The van der Waals surface area contributed by atoms with E-state index in [1.165, 1.54) is 0 Å². The van der Waals surface area contributed by atoms with Crippen molar-refractivity contribution >= 4 is 13.1 Å². The number of unbranched alkanes of at least 4 members (excludes halogenated alkanes) is 1. The van der Waals surface area contributed by atoms with Gasteiger partial charge in [0, 0.05) is 0 Å². The van der Waals surface area contributed by atoms with Crippen molar-refractivity contribution in [2.75, 3.05) is 13.2 Å². The molecule has 0 spiro atoms. The lowest BCUT2D eigenvalue weighted by molar-refractivity contribution is -0.138. The third-order valence-corrected chi connectivity index (χ3v) is 3.32. The van der Waals surface area contributed by atoms with E-state index in [1.54, 1.807) is 0 Å². The Kier molecular flexibility index (Phi) is 6.59.